The second-order valence-corrected chi connectivity index (χ2v) is 5.74. The molecule has 0 aliphatic carbocycles. The van der Waals surface area contributed by atoms with Crippen molar-refractivity contribution in [3.05, 3.63) is 34.9 Å². The Hall–Kier alpha value is -1.10. The molecule has 1 N–H and O–H groups in total. The van der Waals surface area contributed by atoms with Crippen molar-refractivity contribution in [1.29, 1.82) is 0 Å². The average molecular weight is 297 g/mol. The molecule has 1 saturated heterocycles. The highest BCUT2D eigenvalue weighted by Gasteiger charge is 2.23. The molecule has 1 fully saturated rings. The van der Waals surface area contributed by atoms with E-state index in [0.717, 1.165) is 44.2 Å². The lowest BCUT2D eigenvalue weighted by Crippen LogP contribution is -2.41. The summed E-state index contributed by atoms with van der Waals surface area (Å²) >= 11 is 5.89. The van der Waals surface area contributed by atoms with Crippen LogP contribution in [0.3, 0.4) is 0 Å². The highest BCUT2D eigenvalue weighted by Crippen LogP contribution is 2.14. The molecule has 1 aliphatic heterocycles. The van der Waals surface area contributed by atoms with Crippen LogP contribution in [0.4, 0.5) is 0 Å². The molecule has 20 heavy (non-hydrogen) atoms. The minimum atomic E-state index is -0.740. The molecule has 0 bridgehead atoms. The summed E-state index contributed by atoms with van der Waals surface area (Å²) in [4.78, 5) is 15.5. The van der Waals surface area contributed by atoms with Gasteiger partial charge in [0.1, 0.15) is 6.04 Å². The van der Waals surface area contributed by atoms with Gasteiger partial charge in [0.05, 0.1) is 0 Å². The molecular formula is C15H21ClN2O2. The number of rotatable bonds is 4. The topological polar surface area (TPSA) is 43.8 Å². The fraction of sp³-hybridized carbons (Fsp3) is 0.533. The van der Waals surface area contributed by atoms with Crippen LogP contribution in [-0.2, 0) is 11.3 Å². The van der Waals surface area contributed by atoms with Crippen LogP contribution in [0.25, 0.3) is 0 Å². The molecule has 2 rings (SSSR count). The first-order valence-electron chi connectivity index (χ1n) is 7.00. The highest BCUT2D eigenvalue weighted by molar-refractivity contribution is 6.30. The van der Waals surface area contributed by atoms with Crippen molar-refractivity contribution in [1.82, 2.24) is 9.80 Å². The summed E-state index contributed by atoms with van der Waals surface area (Å²) in [6.07, 6.45) is 1.01. The van der Waals surface area contributed by atoms with E-state index in [1.54, 1.807) is 6.92 Å². The molecule has 1 unspecified atom stereocenters. The molecule has 0 aromatic heterocycles. The van der Waals surface area contributed by atoms with Gasteiger partial charge in [-0.25, -0.2) is 0 Å². The number of carboxylic acid groups (broad SMARTS) is 1. The number of carboxylic acids is 1. The van der Waals surface area contributed by atoms with Crippen LogP contribution >= 0.6 is 11.6 Å². The quantitative estimate of drug-likeness (QED) is 0.926. The van der Waals surface area contributed by atoms with Crippen molar-refractivity contribution >= 4 is 17.6 Å². The van der Waals surface area contributed by atoms with Crippen LogP contribution in [0.5, 0.6) is 0 Å². The van der Waals surface area contributed by atoms with Gasteiger partial charge in [0.25, 0.3) is 0 Å². The summed E-state index contributed by atoms with van der Waals surface area (Å²) in [5.74, 6) is -0.740. The van der Waals surface area contributed by atoms with Crippen LogP contribution in [0.2, 0.25) is 5.02 Å². The summed E-state index contributed by atoms with van der Waals surface area (Å²) < 4.78 is 0. The minimum absolute atomic E-state index is 0.398. The van der Waals surface area contributed by atoms with E-state index in [1.165, 1.54) is 5.56 Å². The largest absolute Gasteiger partial charge is 0.480 e. The molecule has 0 spiro atoms. The third-order valence-electron chi connectivity index (χ3n) is 3.85. The molecule has 1 aromatic carbocycles. The highest BCUT2D eigenvalue weighted by atomic mass is 35.5. The summed E-state index contributed by atoms with van der Waals surface area (Å²) in [6, 6.07) is 7.52. The smallest absolute Gasteiger partial charge is 0.320 e. The summed E-state index contributed by atoms with van der Waals surface area (Å²) in [5.41, 5.74) is 1.24. The van der Waals surface area contributed by atoms with Crippen molar-refractivity contribution in [3.63, 3.8) is 0 Å². The number of halogens is 1. The van der Waals surface area contributed by atoms with E-state index in [0.29, 0.717) is 0 Å². The molecule has 1 heterocycles. The second-order valence-electron chi connectivity index (χ2n) is 5.31. The summed E-state index contributed by atoms with van der Waals surface area (Å²) in [5, 5.41) is 9.84. The molecular weight excluding hydrogens is 276 g/mol. The first kappa shape index (κ1) is 15.3. The first-order chi connectivity index (χ1) is 9.56. The molecule has 4 nitrogen and oxygen atoms in total. The predicted molar refractivity (Wildman–Crippen MR) is 80.0 cm³/mol. The van der Waals surface area contributed by atoms with Crippen molar-refractivity contribution in [2.45, 2.75) is 25.9 Å². The molecule has 0 radical (unpaired) electrons. The van der Waals surface area contributed by atoms with Crippen LogP contribution in [-0.4, -0.2) is 53.1 Å². The zero-order valence-corrected chi connectivity index (χ0v) is 12.5. The average Bonchev–Trinajstić information content (AvgIpc) is 2.66. The van der Waals surface area contributed by atoms with Gasteiger partial charge in [-0.05, 0) is 37.6 Å². The maximum Gasteiger partial charge on any atom is 0.320 e. The Morgan fingerprint density at radius 2 is 1.95 bits per heavy atom. The summed E-state index contributed by atoms with van der Waals surface area (Å²) in [6.45, 7) is 6.22. The van der Waals surface area contributed by atoms with Gasteiger partial charge >= 0.3 is 5.97 Å². The lowest BCUT2D eigenvalue weighted by Gasteiger charge is -2.24. The molecule has 1 aromatic rings. The second kappa shape index (κ2) is 7.07. The van der Waals surface area contributed by atoms with Crippen molar-refractivity contribution in [2.24, 2.45) is 0 Å². The monoisotopic (exact) mass is 296 g/mol. The van der Waals surface area contributed by atoms with Gasteiger partial charge < -0.3 is 5.11 Å². The zero-order chi connectivity index (χ0) is 14.5. The lowest BCUT2D eigenvalue weighted by molar-refractivity contribution is -0.142. The minimum Gasteiger partial charge on any atom is -0.480 e. The van der Waals surface area contributed by atoms with E-state index >= 15 is 0 Å². The van der Waals surface area contributed by atoms with Gasteiger partial charge in [0.2, 0.25) is 0 Å². The van der Waals surface area contributed by atoms with E-state index in [1.807, 2.05) is 29.2 Å². The fourth-order valence-electron chi connectivity index (χ4n) is 2.54. The van der Waals surface area contributed by atoms with Gasteiger partial charge in [-0.15, -0.1) is 0 Å². The maximum atomic E-state index is 11.0. The third-order valence-corrected chi connectivity index (χ3v) is 4.10. The van der Waals surface area contributed by atoms with Crippen molar-refractivity contribution < 1.29 is 9.90 Å². The van der Waals surface area contributed by atoms with Crippen LogP contribution in [0, 0.1) is 0 Å². The Labute approximate surface area is 124 Å². The molecule has 1 aliphatic rings. The molecule has 0 saturated carbocycles. The Kier molecular flexibility index (Phi) is 5.40. The van der Waals surface area contributed by atoms with E-state index in [2.05, 4.69) is 4.90 Å². The molecule has 1 atom stereocenters. The SMILES string of the molecule is CC(C(=O)O)N1CCCN(Cc2ccc(Cl)cc2)CC1. The third kappa shape index (κ3) is 4.20. The van der Waals surface area contributed by atoms with E-state index in [4.69, 9.17) is 16.7 Å². The predicted octanol–water partition coefficient (Wildman–Crippen LogP) is 2.32. The van der Waals surface area contributed by atoms with E-state index < -0.39 is 12.0 Å². The van der Waals surface area contributed by atoms with E-state index in [9.17, 15) is 4.79 Å². The maximum absolute atomic E-state index is 11.0. The van der Waals surface area contributed by atoms with Gasteiger partial charge in [-0.3, -0.25) is 14.6 Å². The number of hydrogen-bond acceptors (Lipinski definition) is 3. The number of hydrogen-bond donors (Lipinski definition) is 1. The number of benzene rings is 1. The van der Waals surface area contributed by atoms with Gasteiger partial charge in [-0.2, -0.15) is 0 Å². The van der Waals surface area contributed by atoms with Crippen molar-refractivity contribution in [3.8, 4) is 0 Å². The number of aliphatic carboxylic acids is 1. The Bertz CT molecular complexity index is 450. The Morgan fingerprint density at radius 1 is 1.25 bits per heavy atom. The fourth-order valence-corrected chi connectivity index (χ4v) is 2.67. The van der Waals surface area contributed by atoms with Crippen LogP contribution < -0.4 is 0 Å². The molecule has 0 amide bonds. The van der Waals surface area contributed by atoms with Crippen LogP contribution in [0.1, 0.15) is 18.9 Å². The van der Waals surface area contributed by atoms with E-state index in [-0.39, 0.29) is 0 Å². The number of carbonyl (C=O) groups is 1. The van der Waals surface area contributed by atoms with Gasteiger partial charge in [0, 0.05) is 31.2 Å². The molecule has 5 heteroatoms. The van der Waals surface area contributed by atoms with Gasteiger partial charge in [0.15, 0.2) is 0 Å². The first-order valence-corrected chi connectivity index (χ1v) is 7.37. The standard InChI is InChI=1S/C15H21ClN2O2/c1-12(15(19)20)18-8-2-7-17(9-10-18)11-13-3-5-14(16)6-4-13/h3-6,12H,2,7-11H2,1H3,(H,19,20). The van der Waals surface area contributed by atoms with Gasteiger partial charge in [-0.1, -0.05) is 23.7 Å². The van der Waals surface area contributed by atoms with Crippen molar-refractivity contribution in [2.75, 3.05) is 26.2 Å². The van der Waals surface area contributed by atoms with Crippen LogP contribution in [0.15, 0.2) is 24.3 Å². The Balaban J connectivity index is 1.89. The number of nitrogens with zero attached hydrogens (tertiary/aromatic N) is 2. The zero-order valence-electron chi connectivity index (χ0n) is 11.8. The summed E-state index contributed by atoms with van der Waals surface area (Å²) in [7, 11) is 0. The lowest BCUT2D eigenvalue weighted by atomic mass is 10.2. The normalized spacial score (nSPS) is 19.5. The molecule has 110 valence electrons. The Morgan fingerprint density at radius 3 is 2.60 bits per heavy atom.